The maximum atomic E-state index is 6.01. The quantitative estimate of drug-likeness (QED) is 0.430. The summed E-state index contributed by atoms with van der Waals surface area (Å²) in [6.07, 6.45) is 2.57. The molecule has 0 spiro atoms. The highest BCUT2D eigenvalue weighted by atomic mass is 32.2. The second kappa shape index (κ2) is 8.30. The molecule has 0 bridgehead atoms. The van der Waals surface area contributed by atoms with Gasteiger partial charge in [0.2, 0.25) is 0 Å². The maximum Gasteiger partial charge on any atom is 0.191 e. The fraction of sp³-hybridized carbons (Fsp3) is 0.643. The minimum absolute atomic E-state index is 0.326. The van der Waals surface area contributed by atoms with Gasteiger partial charge in [0.1, 0.15) is 5.82 Å². The van der Waals surface area contributed by atoms with E-state index in [1.807, 2.05) is 20.0 Å². The molecule has 0 aliphatic heterocycles. The Morgan fingerprint density at radius 2 is 1.95 bits per heavy atom. The van der Waals surface area contributed by atoms with Gasteiger partial charge in [0.05, 0.1) is 11.9 Å². The van der Waals surface area contributed by atoms with Crippen molar-refractivity contribution in [2.75, 3.05) is 24.7 Å². The van der Waals surface area contributed by atoms with Crippen LogP contribution in [0.5, 0.6) is 0 Å². The van der Waals surface area contributed by atoms with Crippen molar-refractivity contribution < 1.29 is 9.47 Å². The molecule has 8 heteroatoms. The molecule has 0 fully saturated rings. The lowest BCUT2D eigenvalue weighted by molar-refractivity contribution is -0.144. The van der Waals surface area contributed by atoms with E-state index in [-0.39, 0.29) is 6.29 Å². The van der Waals surface area contributed by atoms with Crippen LogP contribution in [0.3, 0.4) is 0 Å². The Morgan fingerprint density at radius 3 is 2.59 bits per heavy atom. The van der Waals surface area contributed by atoms with Crippen LogP contribution in [0.25, 0.3) is 11.0 Å². The summed E-state index contributed by atoms with van der Waals surface area (Å²) in [5, 5.41) is 5.89. The first kappa shape index (κ1) is 17.0. The molecule has 2 heterocycles. The second-order valence-corrected chi connectivity index (χ2v) is 5.73. The van der Waals surface area contributed by atoms with E-state index in [0.29, 0.717) is 36.4 Å². The summed E-state index contributed by atoms with van der Waals surface area (Å²) in [5.74, 6) is 1.42. The van der Waals surface area contributed by atoms with Gasteiger partial charge in [-0.25, -0.2) is 9.97 Å². The first-order chi connectivity index (χ1) is 10.7. The molecule has 2 aromatic heterocycles. The van der Waals surface area contributed by atoms with E-state index in [2.05, 4.69) is 22.0 Å². The molecule has 2 aromatic rings. The molecule has 0 radical (unpaired) electrons. The predicted octanol–water partition coefficient (Wildman–Crippen LogP) is 2.31. The number of ether oxygens (including phenoxy) is 2. The average Bonchev–Trinajstić information content (AvgIpc) is 2.89. The number of nitrogen functional groups attached to an aromatic ring is 1. The Bertz CT molecular complexity index is 598. The van der Waals surface area contributed by atoms with Gasteiger partial charge in [-0.1, -0.05) is 18.7 Å². The number of rotatable bonds is 9. The number of aromatic nitrogens is 4. The summed E-state index contributed by atoms with van der Waals surface area (Å²) in [6, 6.07) is 0. The summed E-state index contributed by atoms with van der Waals surface area (Å²) in [7, 11) is 0. The average molecular weight is 325 g/mol. The first-order valence-corrected chi connectivity index (χ1v) is 8.53. The van der Waals surface area contributed by atoms with Crippen LogP contribution in [0, 0.1) is 0 Å². The summed E-state index contributed by atoms with van der Waals surface area (Å²) in [4.78, 5) is 8.77. The first-order valence-electron chi connectivity index (χ1n) is 7.54. The number of hydrogen-bond donors (Lipinski definition) is 1. The van der Waals surface area contributed by atoms with Gasteiger partial charge in [-0.15, -0.1) is 0 Å². The van der Waals surface area contributed by atoms with Crippen molar-refractivity contribution in [3.05, 3.63) is 6.20 Å². The molecule has 0 atom stereocenters. The van der Waals surface area contributed by atoms with E-state index in [4.69, 9.17) is 15.2 Å². The van der Waals surface area contributed by atoms with E-state index in [0.717, 1.165) is 17.6 Å². The van der Waals surface area contributed by atoms with Crippen molar-refractivity contribution in [1.29, 1.82) is 0 Å². The summed E-state index contributed by atoms with van der Waals surface area (Å²) >= 11 is 1.59. The Morgan fingerprint density at radius 1 is 1.23 bits per heavy atom. The third kappa shape index (κ3) is 4.31. The Hall–Kier alpha value is -1.38. The number of nitrogens with zero attached hydrogens (tertiary/aromatic N) is 4. The van der Waals surface area contributed by atoms with Crippen molar-refractivity contribution in [2.45, 2.75) is 45.2 Å². The third-order valence-electron chi connectivity index (χ3n) is 2.91. The SMILES string of the molecule is CCCSc1nc(N)c2cn(CC(OCC)OCC)nc2n1. The van der Waals surface area contributed by atoms with Crippen LogP contribution >= 0.6 is 11.8 Å². The third-order valence-corrected chi connectivity index (χ3v) is 3.97. The molecule has 0 aliphatic carbocycles. The Balaban J connectivity index is 2.19. The van der Waals surface area contributed by atoms with Crippen molar-refractivity contribution in [3.8, 4) is 0 Å². The van der Waals surface area contributed by atoms with E-state index in [9.17, 15) is 0 Å². The fourth-order valence-corrected chi connectivity index (χ4v) is 2.68. The molecule has 2 N–H and O–H groups in total. The molecule has 0 amide bonds. The number of anilines is 1. The molecule has 122 valence electrons. The largest absolute Gasteiger partial charge is 0.383 e. The number of thioether (sulfide) groups is 1. The summed E-state index contributed by atoms with van der Waals surface area (Å²) in [6.45, 7) is 7.66. The van der Waals surface area contributed by atoms with Crippen LogP contribution in [-0.2, 0) is 16.0 Å². The molecule has 22 heavy (non-hydrogen) atoms. The lowest BCUT2D eigenvalue weighted by Crippen LogP contribution is -2.23. The standard InChI is InChI=1S/C14H23N5O2S/c1-4-7-22-14-16-12(15)10-8-19(18-13(10)17-14)9-11(20-5-2)21-6-3/h8,11H,4-7,9H2,1-3H3,(H2,15,16,17,18). The van der Waals surface area contributed by atoms with Gasteiger partial charge in [0.15, 0.2) is 17.1 Å². The predicted molar refractivity (Wildman–Crippen MR) is 87.8 cm³/mol. The zero-order valence-electron chi connectivity index (χ0n) is 13.3. The molecule has 0 saturated carbocycles. The number of nitrogens with two attached hydrogens (primary N) is 1. The van der Waals surface area contributed by atoms with Gasteiger partial charge in [0, 0.05) is 25.2 Å². The van der Waals surface area contributed by atoms with Crippen molar-refractivity contribution in [3.63, 3.8) is 0 Å². The molecular weight excluding hydrogens is 302 g/mol. The summed E-state index contributed by atoms with van der Waals surface area (Å²) < 4.78 is 12.8. The molecule has 0 aliphatic rings. The molecule has 0 saturated heterocycles. The Kier molecular flexibility index (Phi) is 6.41. The highest BCUT2D eigenvalue weighted by molar-refractivity contribution is 7.99. The minimum Gasteiger partial charge on any atom is -0.383 e. The van der Waals surface area contributed by atoms with E-state index < -0.39 is 0 Å². The zero-order valence-corrected chi connectivity index (χ0v) is 14.1. The fourth-order valence-electron chi connectivity index (χ4n) is 1.98. The lowest BCUT2D eigenvalue weighted by Gasteiger charge is -2.16. The van der Waals surface area contributed by atoms with Gasteiger partial charge < -0.3 is 15.2 Å². The van der Waals surface area contributed by atoms with Crippen LogP contribution in [0.2, 0.25) is 0 Å². The highest BCUT2D eigenvalue weighted by Gasteiger charge is 2.14. The van der Waals surface area contributed by atoms with Crippen LogP contribution in [-0.4, -0.2) is 45.0 Å². The molecule has 2 rings (SSSR count). The topological polar surface area (TPSA) is 88.1 Å². The second-order valence-electron chi connectivity index (χ2n) is 4.67. The van der Waals surface area contributed by atoms with E-state index in [1.165, 1.54) is 0 Å². The van der Waals surface area contributed by atoms with Crippen molar-refractivity contribution in [1.82, 2.24) is 19.7 Å². The van der Waals surface area contributed by atoms with Gasteiger partial charge in [0.25, 0.3) is 0 Å². The van der Waals surface area contributed by atoms with Gasteiger partial charge in [-0.3, -0.25) is 4.68 Å². The van der Waals surface area contributed by atoms with Gasteiger partial charge in [-0.2, -0.15) is 5.10 Å². The highest BCUT2D eigenvalue weighted by Crippen LogP contribution is 2.22. The van der Waals surface area contributed by atoms with Gasteiger partial charge in [-0.05, 0) is 20.3 Å². The molecule has 0 aromatic carbocycles. The van der Waals surface area contributed by atoms with E-state index in [1.54, 1.807) is 16.4 Å². The molecule has 0 unspecified atom stereocenters. The summed E-state index contributed by atoms with van der Waals surface area (Å²) in [5.41, 5.74) is 6.62. The molecular formula is C14H23N5O2S. The number of fused-ring (bicyclic) bond motifs is 1. The monoisotopic (exact) mass is 325 g/mol. The van der Waals surface area contributed by atoms with Crippen molar-refractivity contribution >= 4 is 28.6 Å². The number of hydrogen-bond acceptors (Lipinski definition) is 7. The minimum atomic E-state index is -0.326. The normalized spacial score (nSPS) is 11.6. The van der Waals surface area contributed by atoms with E-state index >= 15 is 0 Å². The van der Waals surface area contributed by atoms with Crippen molar-refractivity contribution in [2.24, 2.45) is 0 Å². The molecule has 7 nitrogen and oxygen atoms in total. The van der Waals surface area contributed by atoms with Gasteiger partial charge >= 0.3 is 0 Å². The van der Waals surface area contributed by atoms with Crippen LogP contribution in [0.1, 0.15) is 27.2 Å². The van der Waals surface area contributed by atoms with Crippen LogP contribution < -0.4 is 5.73 Å². The maximum absolute atomic E-state index is 6.01. The van der Waals surface area contributed by atoms with Crippen LogP contribution in [0.15, 0.2) is 11.4 Å². The Labute approximate surface area is 134 Å². The van der Waals surface area contributed by atoms with Crippen LogP contribution in [0.4, 0.5) is 5.82 Å². The smallest absolute Gasteiger partial charge is 0.191 e. The zero-order chi connectivity index (χ0) is 15.9. The lowest BCUT2D eigenvalue weighted by atomic mass is 10.4.